The van der Waals surface area contributed by atoms with Crippen LogP contribution >= 0.6 is 15.9 Å². The van der Waals surface area contributed by atoms with Gasteiger partial charge in [-0.05, 0) is 21.5 Å². The minimum Gasteiger partial charge on any atom is -0.362 e. The molecule has 2 aromatic heterocycles. The zero-order chi connectivity index (χ0) is 14.8. The van der Waals surface area contributed by atoms with Gasteiger partial charge >= 0.3 is 0 Å². The minimum absolute atomic E-state index is 0.517. The molecule has 0 fully saturated rings. The maximum absolute atomic E-state index is 7.47. The summed E-state index contributed by atoms with van der Waals surface area (Å²) in [6.07, 6.45) is 3.44. The summed E-state index contributed by atoms with van der Waals surface area (Å²) in [7, 11) is 1.85. The standard InChI is InChI=1S/C15H12BrN5/c1-17-15-12(14-13(16)9-18-20(14)2)8-19-21(15)10-11-6-4-3-5-7-11/h3-9H,10H2,2H3. The van der Waals surface area contributed by atoms with E-state index in [1.165, 1.54) is 0 Å². The first-order valence-electron chi connectivity index (χ1n) is 6.35. The molecule has 21 heavy (non-hydrogen) atoms. The number of rotatable bonds is 3. The molecule has 0 spiro atoms. The highest BCUT2D eigenvalue weighted by atomic mass is 79.9. The molecule has 104 valence electrons. The van der Waals surface area contributed by atoms with Crippen LogP contribution in [0.5, 0.6) is 0 Å². The number of benzene rings is 1. The number of aromatic nitrogens is 4. The zero-order valence-electron chi connectivity index (χ0n) is 11.4. The van der Waals surface area contributed by atoms with Crippen LogP contribution in [-0.4, -0.2) is 19.6 Å². The molecule has 2 heterocycles. The van der Waals surface area contributed by atoms with Crippen molar-refractivity contribution in [2.75, 3.05) is 0 Å². The summed E-state index contributed by atoms with van der Waals surface area (Å²) >= 11 is 3.47. The van der Waals surface area contributed by atoms with Gasteiger partial charge in [0.2, 0.25) is 0 Å². The lowest BCUT2D eigenvalue weighted by atomic mass is 10.2. The molecule has 0 aliphatic heterocycles. The molecule has 0 unspecified atom stereocenters. The summed E-state index contributed by atoms with van der Waals surface area (Å²) in [5.41, 5.74) is 2.76. The fraction of sp³-hybridized carbons (Fsp3) is 0.133. The van der Waals surface area contributed by atoms with E-state index in [4.69, 9.17) is 6.57 Å². The number of aryl methyl sites for hydroxylation is 1. The van der Waals surface area contributed by atoms with Crippen molar-refractivity contribution in [2.45, 2.75) is 6.54 Å². The van der Waals surface area contributed by atoms with Crippen molar-refractivity contribution < 1.29 is 0 Å². The highest BCUT2D eigenvalue weighted by molar-refractivity contribution is 9.10. The third kappa shape index (κ3) is 2.48. The van der Waals surface area contributed by atoms with Crippen LogP contribution < -0.4 is 0 Å². The van der Waals surface area contributed by atoms with Crippen molar-refractivity contribution in [1.82, 2.24) is 19.6 Å². The summed E-state index contributed by atoms with van der Waals surface area (Å²) in [4.78, 5) is 3.65. The Morgan fingerprint density at radius 3 is 2.57 bits per heavy atom. The molecule has 0 saturated carbocycles. The Hall–Kier alpha value is -2.39. The summed E-state index contributed by atoms with van der Waals surface area (Å²) < 4.78 is 4.31. The third-order valence-corrected chi connectivity index (χ3v) is 3.82. The Labute approximate surface area is 130 Å². The quantitative estimate of drug-likeness (QED) is 0.682. The highest BCUT2D eigenvalue weighted by Gasteiger charge is 2.18. The second-order valence-electron chi connectivity index (χ2n) is 4.60. The highest BCUT2D eigenvalue weighted by Crippen LogP contribution is 2.34. The van der Waals surface area contributed by atoms with E-state index in [1.54, 1.807) is 21.8 Å². The first-order valence-corrected chi connectivity index (χ1v) is 7.15. The van der Waals surface area contributed by atoms with Crippen LogP contribution in [0.1, 0.15) is 5.56 Å². The predicted molar refractivity (Wildman–Crippen MR) is 83.9 cm³/mol. The van der Waals surface area contributed by atoms with E-state index in [1.807, 2.05) is 37.4 Å². The van der Waals surface area contributed by atoms with Gasteiger partial charge in [-0.3, -0.25) is 4.68 Å². The van der Waals surface area contributed by atoms with Crippen LogP contribution in [0.25, 0.3) is 16.1 Å². The Balaban J connectivity index is 2.04. The molecule has 1 aromatic carbocycles. The van der Waals surface area contributed by atoms with Crippen LogP contribution in [0, 0.1) is 6.57 Å². The topological polar surface area (TPSA) is 40.0 Å². The van der Waals surface area contributed by atoms with Crippen LogP contribution in [0.3, 0.4) is 0 Å². The zero-order valence-corrected chi connectivity index (χ0v) is 12.9. The number of halogens is 1. The molecule has 0 saturated heterocycles. The summed E-state index contributed by atoms with van der Waals surface area (Å²) in [6, 6.07) is 9.98. The van der Waals surface area contributed by atoms with Crippen LogP contribution in [0.4, 0.5) is 5.82 Å². The van der Waals surface area contributed by atoms with Gasteiger partial charge in [-0.15, -0.1) is 5.10 Å². The van der Waals surface area contributed by atoms with E-state index in [2.05, 4.69) is 31.0 Å². The predicted octanol–water partition coefficient (Wildman–Crippen LogP) is 3.65. The smallest absolute Gasteiger partial charge is 0.261 e. The molecule has 0 radical (unpaired) electrons. The second kappa shape index (κ2) is 5.54. The lowest BCUT2D eigenvalue weighted by Gasteiger charge is -2.04. The lowest BCUT2D eigenvalue weighted by Crippen LogP contribution is -2.00. The van der Waals surface area contributed by atoms with Crippen molar-refractivity contribution in [2.24, 2.45) is 7.05 Å². The Bertz CT molecular complexity index is 791. The SMILES string of the molecule is [C-]#[N+]c1c(-c2c(Br)cnn2C)cnn1Cc1ccccc1. The Morgan fingerprint density at radius 2 is 1.95 bits per heavy atom. The number of hydrogen-bond acceptors (Lipinski definition) is 2. The van der Waals surface area contributed by atoms with Gasteiger partial charge in [-0.2, -0.15) is 9.78 Å². The average molecular weight is 342 g/mol. The second-order valence-corrected chi connectivity index (χ2v) is 5.46. The molecule has 0 amide bonds. The van der Waals surface area contributed by atoms with Crippen LogP contribution in [-0.2, 0) is 13.6 Å². The summed E-state index contributed by atoms with van der Waals surface area (Å²) in [5, 5.41) is 8.55. The van der Waals surface area contributed by atoms with E-state index in [-0.39, 0.29) is 0 Å². The van der Waals surface area contributed by atoms with Gasteiger partial charge < -0.3 is 4.85 Å². The lowest BCUT2D eigenvalue weighted by molar-refractivity contribution is 0.700. The van der Waals surface area contributed by atoms with Crippen molar-refractivity contribution in [3.8, 4) is 11.3 Å². The molecule has 0 aliphatic rings. The van der Waals surface area contributed by atoms with Crippen LogP contribution in [0.15, 0.2) is 47.2 Å². The van der Waals surface area contributed by atoms with Gasteiger partial charge in [-0.25, -0.2) is 0 Å². The van der Waals surface area contributed by atoms with Crippen LogP contribution in [0.2, 0.25) is 0 Å². The third-order valence-electron chi connectivity index (χ3n) is 3.24. The van der Waals surface area contributed by atoms with E-state index in [9.17, 15) is 0 Å². The van der Waals surface area contributed by atoms with Gasteiger partial charge in [-0.1, -0.05) is 36.9 Å². The molecule has 0 N–H and O–H groups in total. The van der Waals surface area contributed by atoms with Gasteiger partial charge in [0, 0.05) is 12.6 Å². The number of nitrogens with zero attached hydrogens (tertiary/aromatic N) is 5. The van der Waals surface area contributed by atoms with Gasteiger partial charge in [0.25, 0.3) is 5.82 Å². The molecule has 0 bridgehead atoms. The Morgan fingerprint density at radius 1 is 1.19 bits per heavy atom. The maximum Gasteiger partial charge on any atom is 0.261 e. The van der Waals surface area contributed by atoms with E-state index in [0.717, 1.165) is 21.3 Å². The maximum atomic E-state index is 7.47. The van der Waals surface area contributed by atoms with E-state index < -0.39 is 0 Å². The molecule has 3 aromatic rings. The largest absolute Gasteiger partial charge is 0.362 e. The summed E-state index contributed by atoms with van der Waals surface area (Å²) in [6.45, 7) is 8.05. The van der Waals surface area contributed by atoms with E-state index >= 15 is 0 Å². The molecule has 0 atom stereocenters. The first-order chi connectivity index (χ1) is 10.2. The fourth-order valence-electron chi connectivity index (χ4n) is 2.25. The summed E-state index contributed by atoms with van der Waals surface area (Å²) in [5.74, 6) is 0.517. The van der Waals surface area contributed by atoms with Gasteiger partial charge in [0.1, 0.15) is 6.54 Å². The molecular formula is C15H12BrN5. The van der Waals surface area contributed by atoms with Gasteiger partial charge in [0.15, 0.2) is 0 Å². The molecule has 3 rings (SSSR count). The van der Waals surface area contributed by atoms with Crippen molar-refractivity contribution in [3.05, 3.63) is 64.2 Å². The molecule has 6 heteroatoms. The van der Waals surface area contributed by atoms with Crippen molar-refractivity contribution in [3.63, 3.8) is 0 Å². The first kappa shape index (κ1) is 13.6. The van der Waals surface area contributed by atoms with Gasteiger partial charge in [0.05, 0.1) is 22.6 Å². The molecule has 0 aliphatic carbocycles. The normalized spacial score (nSPS) is 10.5. The van der Waals surface area contributed by atoms with E-state index in [0.29, 0.717) is 12.4 Å². The molecular weight excluding hydrogens is 330 g/mol. The fourth-order valence-corrected chi connectivity index (χ4v) is 2.81. The van der Waals surface area contributed by atoms with Crippen molar-refractivity contribution in [1.29, 1.82) is 0 Å². The molecule has 5 nitrogen and oxygen atoms in total. The monoisotopic (exact) mass is 341 g/mol. The number of hydrogen-bond donors (Lipinski definition) is 0. The minimum atomic E-state index is 0.517. The average Bonchev–Trinajstić information content (AvgIpc) is 3.03. The van der Waals surface area contributed by atoms with Crippen molar-refractivity contribution >= 4 is 21.7 Å². The Kier molecular flexibility index (Phi) is 3.59.